The molecule has 0 spiro atoms. The van der Waals surface area contributed by atoms with Gasteiger partial charge in [-0.1, -0.05) is 30.3 Å². The molecule has 1 aromatic heterocycles. The third-order valence-electron chi connectivity index (χ3n) is 7.78. The lowest BCUT2D eigenvalue weighted by Crippen LogP contribution is -2.40. The molecule has 2 amide bonds. The molecule has 3 heterocycles. The number of hydrogen-bond donors (Lipinski definition) is 1. The Bertz CT molecular complexity index is 1490. The lowest BCUT2D eigenvalue weighted by Gasteiger charge is -2.33. The SMILES string of the molecule is COc1ccc(-c2cc(NC3CCN(CCCN4C(=O)c5ccccc5C4=O)CC3)c3ccccc3n2)cc1.Cl.Cl. The standard InChI is InChI=1S/C32H32N4O3.2ClH/c1-39-24-13-11-22(12-14-24)29-21-30(27-9-4-5-10-28(27)34-29)33-23-15-19-35(20-16-23)17-6-18-36-31(37)25-7-2-3-8-26(25)32(36)38;;/h2-5,7-14,21,23H,6,15-20H2,1H3,(H,33,34);2*1H. The molecule has 1 N–H and O–H groups in total. The molecule has 9 heteroatoms. The molecule has 2 aliphatic rings. The lowest BCUT2D eigenvalue weighted by atomic mass is 10.0. The summed E-state index contributed by atoms with van der Waals surface area (Å²) in [4.78, 5) is 34.0. The van der Waals surface area contributed by atoms with Crippen LogP contribution in [0, 0.1) is 0 Å². The molecular formula is C32H34Cl2N4O3. The van der Waals surface area contributed by atoms with Crippen molar-refractivity contribution in [1.29, 1.82) is 0 Å². The van der Waals surface area contributed by atoms with Crippen molar-refractivity contribution in [2.24, 2.45) is 0 Å². The Hall–Kier alpha value is -3.65. The van der Waals surface area contributed by atoms with Gasteiger partial charge in [0.05, 0.1) is 29.4 Å². The highest BCUT2D eigenvalue weighted by atomic mass is 35.5. The highest BCUT2D eigenvalue weighted by molar-refractivity contribution is 6.21. The number of imide groups is 1. The number of hydrogen-bond acceptors (Lipinski definition) is 6. The van der Waals surface area contributed by atoms with Crippen molar-refractivity contribution in [3.63, 3.8) is 0 Å². The summed E-state index contributed by atoms with van der Waals surface area (Å²) in [7, 11) is 1.67. The lowest BCUT2D eigenvalue weighted by molar-refractivity contribution is 0.0646. The first-order valence-electron chi connectivity index (χ1n) is 13.6. The number of piperidine rings is 1. The van der Waals surface area contributed by atoms with Crippen LogP contribution in [0.5, 0.6) is 5.75 Å². The van der Waals surface area contributed by atoms with Gasteiger partial charge >= 0.3 is 0 Å². The number of ether oxygens (including phenoxy) is 1. The van der Waals surface area contributed by atoms with E-state index in [1.54, 1.807) is 31.4 Å². The van der Waals surface area contributed by atoms with Gasteiger partial charge in [-0.05, 0) is 74.3 Å². The number of halogens is 2. The highest BCUT2D eigenvalue weighted by Gasteiger charge is 2.34. The summed E-state index contributed by atoms with van der Waals surface area (Å²) < 4.78 is 5.31. The van der Waals surface area contributed by atoms with E-state index in [-0.39, 0.29) is 36.6 Å². The summed E-state index contributed by atoms with van der Waals surface area (Å²) in [5.74, 6) is 0.488. The second kappa shape index (κ2) is 13.3. The maximum atomic E-state index is 12.6. The number of para-hydroxylation sites is 1. The number of anilines is 1. The summed E-state index contributed by atoms with van der Waals surface area (Å²) in [6, 6.07) is 25.9. The van der Waals surface area contributed by atoms with Gasteiger partial charge in [-0.15, -0.1) is 24.8 Å². The molecule has 1 saturated heterocycles. The Kier molecular flexibility index (Phi) is 9.86. The van der Waals surface area contributed by atoms with Gasteiger partial charge in [-0.3, -0.25) is 14.5 Å². The number of carbonyl (C=O) groups excluding carboxylic acids is 2. The van der Waals surface area contributed by atoms with E-state index in [1.807, 2.05) is 30.3 Å². The van der Waals surface area contributed by atoms with Crippen molar-refractivity contribution in [2.45, 2.75) is 25.3 Å². The maximum absolute atomic E-state index is 12.6. The number of carbonyl (C=O) groups is 2. The van der Waals surface area contributed by atoms with Gasteiger partial charge in [0.25, 0.3) is 11.8 Å². The Balaban J connectivity index is 0.00000194. The van der Waals surface area contributed by atoms with Gasteiger partial charge in [0.15, 0.2) is 0 Å². The second-order valence-electron chi connectivity index (χ2n) is 10.2. The third kappa shape index (κ3) is 6.32. The zero-order valence-electron chi connectivity index (χ0n) is 22.9. The van der Waals surface area contributed by atoms with Crippen molar-refractivity contribution in [1.82, 2.24) is 14.8 Å². The summed E-state index contributed by atoms with van der Waals surface area (Å²) in [6.07, 6.45) is 2.84. The van der Waals surface area contributed by atoms with Crippen LogP contribution in [0.3, 0.4) is 0 Å². The minimum Gasteiger partial charge on any atom is -0.497 e. The van der Waals surface area contributed by atoms with Gasteiger partial charge in [-0.25, -0.2) is 4.98 Å². The minimum absolute atomic E-state index is 0. The van der Waals surface area contributed by atoms with Crippen molar-refractivity contribution >= 4 is 53.2 Å². The van der Waals surface area contributed by atoms with Gasteiger partial charge < -0.3 is 15.0 Å². The molecule has 41 heavy (non-hydrogen) atoms. The number of rotatable bonds is 8. The molecule has 3 aromatic carbocycles. The zero-order valence-corrected chi connectivity index (χ0v) is 24.5. The fourth-order valence-electron chi connectivity index (χ4n) is 5.62. The molecule has 0 atom stereocenters. The Morgan fingerprint density at radius 3 is 2.15 bits per heavy atom. The highest BCUT2D eigenvalue weighted by Crippen LogP contribution is 2.31. The summed E-state index contributed by atoms with van der Waals surface area (Å²) in [5.41, 5.74) is 5.11. The number of fused-ring (bicyclic) bond motifs is 2. The van der Waals surface area contributed by atoms with E-state index >= 15 is 0 Å². The summed E-state index contributed by atoms with van der Waals surface area (Å²) in [5, 5.41) is 4.93. The van der Waals surface area contributed by atoms with Crippen LogP contribution in [0.1, 0.15) is 40.0 Å². The number of amides is 2. The van der Waals surface area contributed by atoms with Crippen molar-refractivity contribution in [3.05, 3.63) is 90.0 Å². The number of aromatic nitrogens is 1. The molecule has 0 saturated carbocycles. The fraction of sp³-hybridized carbons (Fsp3) is 0.281. The zero-order chi connectivity index (χ0) is 26.8. The van der Waals surface area contributed by atoms with E-state index in [4.69, 9.17) is 9.72 Å². The first-order chi connectivity index (χ1) is 19.1. The molecule has 2 aliphatic heterocycles. The molecule has 7 nitrogen and oxygen atoms in total. The van der Waals surface area contributed by atoms with Crippen molar-refractivity contribution in [2.75, 3.05) is 38.6 Å². The number of likely N-dealkylation sites (tertiary alicyclic amines) is 1. The minimum atomic E-state index is -0.169. The fourth-order valence-corrected chi connectivity index (χ4v) is 5.62. The predicted octanol–water partition coefficient (Wildman–Crippen LogP) is 6.32. The van der Waals surface area contributed by atoms with Crippen LogP contribution in [0.4, 0.5) is 5.69 Å². The van der Waals surface area contributed by atoms with Gasteiger partial charge in [-0.2, -0.15) is 0 Å². The summed E-state index contributed by atoms with van der Waals surface area (Å²) in [6.45, 7) is 3.30. The van der Waals surface area contributed by atoms with Crippen molar-refractivity contribution < 1.29 is 14.3 Å². The summed E-state index contributed by atoms with van der Waals surface area (Å²) >= 11 is 0. The average Bonchev–Trinajstić information content (AvgIpc) is 3.23. The van der Waals surface area contributed by atoms with Crippen LogP contribution in [-0.4, -0.2) is 65.9 Å². The molecule has 0 aliphatic carbocycles. The Labute approximate surface area is 252 Å². The average molecular weight is 594 g/mol. The van der Waals surface area contributed by atoms with Crippen LogP contribution >= 0.6 is 24.8 Å². The van der Waals surface area contributed by atoms with Crippen LogP contribution in [0.2, 0.25) is 0 Å². The predicted molar refractivity (Wildman–Crippen MR) is 168 cm³/mol. The maximum Gasteiger partial charge on any atom is 0.261 e. The molecular weight excluding hydrogens is 559 g/mol. The first-order valence-corrected chi connectivity index (χ1v) is 13.6. The molecule has 4 aromatic rings. The van der Waals surface area contributed by atoms with E-state index in [2.05, 4.69) is 34.5 Å². The number of benzene rings is 3. The van der Waals surface area contributed by atoms with Crippen LogP contribution in [0.15, 0.2) is 78.9 Å². The van der Waals surface area contributed by atoms with E-state index < -0.39 is 0 Å². The second-order valence-corrected chi connectivity index (χ2v) is 10.2. The van der Waals surface area contributed by atoms with Gasteiger partial charge in [0.2, 0.25) is 0 Å². The van der Waals surface area contributed by atoms with Crippen LogP contribution in [0.25, 0.3) is 22.2 Å². The van der Waals surface area contributed by atoms with E-state index in [0.717, 1.165) is 72.5 Å². The molecule has 6 rings (SSSR count). The molecule has 0 radical (unpaired) electrons. The normalized spacial score (nSPS) is 15.3. The van der Waals surface area contributed by atoms with Crippen molar-refractivity contribution in [3.8, 4) is 17.0 Å². The van der Waals surface area contributed by atoms with Gasteiger partial charge in [0.1, 0.15) is 5.75 Å². The van der Waals surface area contributed by atoms with Crippen LogP contribution < -0.4 is 10.1 Å². The molecule has 214 valence electrons. The van der Waals surface area contributed by atoms with E-state index in [0.29, 0.717) is 23.7 Å². The topological polar surface area (TPSA) is 74.8 Å². The third-order valence-corrected chi connectivity index (χ3v) is 7.78. The molecule has 0 bridgehead atoms. The van der Waals surface area contributed by atoms with Crippen LogP contribution in [-0.2, 0) is 0 Å². The number of nitrogens with one attached hydrogen (secondary N) is 1. The largest absolute Gasteiger partial charge is 0.497 e. The Morgan fingerprint density at radius 1 is 0.854 bits per heavy atom. The quantitative estimate of drug-likeness (QED) is 0.241. The number of pyridine rings is 1. The smallest absolute Gasteiger partial charge is 0.261 e. The van der Waals surface area contributed by atoms with E-state index in [1.165, 1.54) is 4.90 Å². The molecule has 0 unspecified atom stereocenters. The monoisotopic (exact) mass is 592 g/mol. The first kappa shape index (κ1) is 30.3. The number of methoxy groups -OCH3 is 1. The van der Waals surface area contributed by atoms with E-state index in [9.17, 15) is 9.59 Å². The Morgan fingerprint density at radius 2 is 1.49 bits per heavy atom. The van der Waals surface area contributed by atoms with Gasteiger partial charge in [0, 0.05) is 42.3 Å². The molecule has 1 fully saturated rings. The number of nitrogens with zero attached hydrogens (tertiary/aromatic N) is 3.